The molecular weight excluding hydrogens is 258 g/mol. The molecular formula is C15H17NO4. The molecule has 0 atom stereocenters. The van der Waals surface area contributed by atoms with Crippen LogP contribution in [0.2, 0.25) is 0 Å². The summed E-state index contributed by atoms with van der Waals surface area (Å²) in [7, 11) is 2.57. The third kappa shape index (κ3) is 2.82. The standard InChI is InChI=1S/C15H17NO4/c1-19-14(17)10-13(15(18)20-2)16-9-5-7-11-6-3-4-8-12(11)16/h3-4,6,8,10H,5,7,9H2,1-2H3/b13-10+. The first-order valence-electron chi connectivity index (χ1n) is 6.40. The van der Waals surface area contributed by atoms with E-state index < -0.39 is 11.9 Å². The zero-order chi connectivity index (χ0) is 14.5. The smallest absolute Gasteiger partial charge is 0.354 e. The van der Waals surface area contributed by atoms with Gasteiger partial charge in [0, 0.05) is 12.2 Å². The lowest BCUT2D eigenvalue weighted by atomic mass is 10.0. The van der Waals surface area contributed by atoms with Crippen molar-refractivity contribution < 1.29 is 19.1 Å². The number of anilines is 1. The highest BCUT2D eigenvalue weighted by molar-refractivity contribution is 5.99. The van der Waals surface area contributed by atoms with E-state index in [0.29, 0.717) is 6.54 Å². The van der Waals surface area contributed by atoms with Crippen molar-refractivity contribution in [3.63, 3.8) is 0 Å². The van der Waals surface area contributed by atoms with Crippen molar-refractivity contribution >= 4 is 17.6 Å². The first-order valence-corrected chi connectivity index (χ1v) is 6.40. The molecule has 0 N–H and O–H groups in total. The van der Waals surface area contributed by atoms with Gasteiger partial charge in [-0.05, 0) is 24.5 Å². The van der Waals surface area contributed by atoms with Crippen LogP contribution in [-0.2, 0) is 25.5 Å². The number of esters is 2. The fraction of sp³-hybridized carbons (Fsp3) is 0.333. The summed E-state index contributed by atoms with van der Waals surface area (Å²) in [6.45, 7) is 0.662. The normalized spacial score (nSPS) is 14.5. The van der Waals surface area contributed by atoms with Crippen LogP contribution < -0.4 is 4.90 Å². The molecule has 5 nitrogen and oxygen atoms in total. The van der Waals surface area contributed by atoms with E-state index in [1.165, 1.54) is 20.3 Å². The summed E-state index contributed by atoms with van der Waals surface area (Å²) in [5.41, 5.74) is 2.28. The lowest BCUT2D eigenvalue weighted by molar-refractivity contribution is -0.138. The fourth-order valence-electron chi connectivity index (χ4n) is 2.31. The molecule has 0 saturated heterocycles. The molecule has 5 heteroatoms. The predicted molar refractivity (Wildman–Crippen MR) is 74.2 cm³/mol. The molecule has 0 radical (unpaired) electrons. The fourth-order valence-corrected chi connectivity index (χ4v) is 2.31. The molecule has 1 heterocycles. The van der Waals surface area contributed by atoms with Crippen LogP contribution in [0.1, 0.15) is 12.0 Å². The maximum Gasteiger partial charge on any atom is 0.354 e. The van der Waals surface area contributed by atoms with Gasteiger partial charge in [-0.2, -0.15) is 0 Å². The van der Waals surface area contributed by atoms with Crippen LogP contribution in [0.15, 0.2) is 36.0 Å². The van der Waals surface area contributed by atoms with Gasteiger partial charge in [-0.25, -0.2) is 9.59 Å². The number of methoxy groups -OCH3 is 2. The van der Waals surface area contributed by atoms with Crippen LogP contribution in [0.4, 0.5) is 5.69 Å². The average molecular weight is 275 g/mol. The molecule has 2 rings (SSSR count). The lowest BCUT2D eigenvalue weighted by Crippen LogP contribution is -2.33. The number of carbonyl (C=O) groups excluding carboxylic acids is 2. The topological polar surface area (TPSA) is 55.8 Å². The Morgan fingerprint density at radius 2 is 1.95 bits per heavy atom. The maximum atomic E-state index is 11.9. The molecule has 0 saturated carbocycles. The quantitative estimate of drug-likeness (QED) is 0.620. The predicted octanol–water partition coefficient (Wildman–Crippen LogP) is 1.67. The van der Waals surface area contributed by atoms with E-state index in [-0.39, 0.29) is 5.70 Å². The number of hydrogen-bond donors (Lipinski definition) is 0. The highest BCUT2D eigenvalue weighted by Crippen LogP contribution is 2.30. The Labute approximate surface area is 117 Å². The molecule has 0 unspecified atom stereocenters. The van der Waals surface area contributed by atoms with Crippen LogP contribution >= 0.6 is 0 Å². The Morgan fingerprint density at radius 1 is 1.20 bits per heavy atom. The molecule has 0 amide bonds. The number of nitrogens with zero attached hydrogens (tertiary/aromatic N) is 1. The third-order valence-electron chi connectivity index (χ3n) is 3.25. The summed E-state index contributed by atoms with van der Waals surface area (Å²) in [5, 5.41) is 0. The summed E-state index contributed by atoms with van der Waals surface area (Å²) in [5.74, 6) is -1.12. The van der Waals surface area contributed by atoms with Gasteiger partial charge < -0.3 is 14.4 Å². The Hall–Kier alpha value is -2.30. The molecule has 1 aromatic carbocycles. The number of ether oxygens (including phenoxy) is 2. The van der Waals surface area contributed by atoms with Crippen molar-refractivity contribution in [3.05, 3.63) is 41.6 Å². The highest BCUT2D eigenvalue weighted by Gasteiger charge is 2.25. The van der Waals surface area contributed by atoms with Crippen LogP contribution in [0, 0.1) is 0 Å². The van der Waals surface area contributed by atoms with Crippen molar-refractivity contribution in [2.45, 2.75) is 12.8 Å². The lowest BCUT2D eigenvalue weighted by Gasteiger charge is -2.31. The number of rotatable bonds is 3. The number of hydrogen-bond acceptors (Lipinski definition) is 5. The zero-order valence-corrected chi connectivity index (χ0v) is 11.6. The number of aryl methyl sites for hydroxylation is 1. The van der Waals surface area contributed by atoms with Crippen LogP contribution in [0.5, 0.6) is 0 Å². The van der Waals surface area contributed by atoms with Gasteiger partial charge in [0.2, 0.25) is 0 Å². The van der Waals surface area contributed by atoms with E-state index in [9.17, 15) is 9.59 Å². The highest BCUT2D eigenvalue weighted by atomic mass is 16.5. The second kappa shape index (κ2) is 6.23. The Balaban J connectivity index is 2.43. The molecule has 0 aliphatic carbocycles. The van der Waals surface area contributed by atoms with Crippen molar-refractivity contribution in [2.75, 3.05) is 25.7 Å². The number of fused-ring (bicyclic) bond motifs is 1. The maximum absolute atomic E-state index is 11.9. The summed E-state index contributed by atoms with van der Waals surface area (Å²) in [6, 6.07) is 7.82. The SMILES string of the molecule is COC(=O)/C=C(\C(=O)OC)N1CCCc2ccccc21. The molecule has 1 aliphatic heterocycles. The minimum absolute atomic E-state index is 0.200. The van der Waals surface area contributed by atoms with E-state index in [1.54, 1.807) is 0 Å². The van der Waals surface area contributed by atoms with E-state index >= 15 is 0 Å². The van der Waals surface area contributed by atoms with Crippen molar-refractivity contribution in [1.29, 1.82) is 0 Å². The van der Waals surface area contributed by atoms with Gasteiger partial charge in [-0.15, -0.1) is 0 Å². The van der Waals surface area contributed by atoms with Crippen LogP contribution in [-0.4, -0.2) is 32.7 Å². The van der Waals surface area contributed by atoms with Gasteiger partial charge in [-0.1, -0.05) is 18.2 Å². The number of benzene rings is 1. The summed E-state index contributed by atoms with van der Waals surface area (Å²) < 4.78 is 9.37. The second-order valence-corrected chi connectivity index (χ2v) is 4.43. The monoisotopic (exact) mass is 275 g/mol. The number of para-hydroxylation sites is 1. The molecule has 106 valence electrons. The molecule has 0 fully saturated rings. The molecule has 1 aliphatic rings. The summed E-state index contributed by atoms with van der Waals surface area (Å²) >= 11 is 0. The van der Waals surface area contributed by atoms with Crippen LogP contribution in [0.25, 0.3) is 0 Å². The minimum atomic E-state index is -0.576. The minimum Gasteiger partial charge on any atom is -0.466 e. The van der Waals surface area contributed by atoms with E-state index in [4.69, 9.17) is 4.74 Å². The van der Waals surface area contributed by atoms with E-state index in [0.717, 1.165) is 24.1 Å². The van der Waals surface area contributed by atoms with Gasteiger partial charge in [0.25, 0.3) is 0 Å². The zero-order valence-electron chi connectivity index (χ0n) is 11.6. The van der Waals surface area contributed by atoms with Gasteiger partial charge in [0.1, 0.15) is 5.70 Å². The first-order chi connectivity index (χ1) is 9.67. The Bertz CT molecular complexity index is 551. The van der Waals surface area contributed by atoms with Gasteiger partial charge in [0.05, 0.1) is 20.3 Å². The van der Waals surface area contributed by atoms with Gasteiger partial charge in [-0.3, -0.25) is 0 Å². The molecule has 0 bridgehead atoms. The summed E-state index contributed by atoms with van der Waals surface area (Å²) in [6.07, 6.45) is 3.04. The molecule has 0 aromatic heterocycles. The van der Waals surface area contributed by atoms with Gasteiger partial charge >= 0.3 is 11.9 Å². The molecule has 0 spiro atoms. The van der Waals surface area contributed by atoms with Gasteiger partial charge in [0.15, 0.2) is 0 Å². The van der Waals surface area contributed by atoms with Crippen molar-refractivity contribution in [3.8, 4) is 0 Å². The number of carbonyl (C=O) groups is 2. The average Bonchev–Trinajstić information content (AvgIpc) is 2.51. The third-order valence-corrected chi connectivity index (χ3v) is 3.25. The Kier molecular flexibility index (Phi) is 4.40. The van der Waals surface area contributed by atoms with Crippen LogP contribution in [0.3, 0.4) is 0 Å². The second-order valence-electron chi connectivity index (χ2n) is 4.43. The molecule has 1 aromatic rings. The van der Waals surface area contributed by atoms with Crippen molar-refractivity contribution in [2.24, 2.45) is 0 Å². The Morgan fingerprint density at radius 3 is 2.65 bits per heavy atom. The largest absolute Gasteiger partial charge is 0.466 e. The molecule has 20 heavy (non-hydrogen) atoms. The first kappa shape index (κ1) is 14.1. The summed E-state index contributed by atoms with van der Waals surface area (Å²) in [4.78, 5) is 25.2. The van der Waals surface area contributed by atoms with Crippen molar-refractivity contribution in [1.82, 2.24) is 0 Å². The van der Waals surface area contributed by atoms with E-state index in [1.807, 2.05) is 29.2 Å². The van der Waals surface area contributed by atoms with E-state index in [2.05, 4.69) is 4.74 Å².